The van der Waals surface area contributed by atoms with Crippen molar-refractivity contribution in [2.45, 2.75) is 37.8 Å². The van der Waals surface area contributed by atoms with Gasteiger partial charge in [0.1, 0.15) is 12.1 Å². The Morgan fingerprint density at radius 2 is 2.27 bits per heavy atom. The zero-order chi connectivity index (χ0) is 20.3. The van der Waals surface area contributed by atoms with Crippen LogP contribution in [-0.2, 0) is 0 Å². The number of benzene rings is 1. The van der Waals surface area contributed by atoms with Crippen LogP contribution < -0.4 is 10.1 Å². The van der Waals surface area contributed by atoms with E-state index in [1.807, 2.05) is 0 Å². The molecule has 1 aromatic heterocycles. The first-order chi connectivity index (χ1) is 13.8. The molecule has 1 atom stereocenters. The standard InChI is InChI=1S/C19H20N4O3/c1-26-12-6-7-14-13(9-12)19(25)22-8-2-3-15(22)17-16(20-10-23(14)17)18(24)21-11-4-5-11/h6-7,9-11,15H,2-5,8H2,1H3,(H,21,24)/t15-/m0/s1/i1D3. The van der Waals surface area contributed by atoms with Crippen LogP contribution in [-0.4, -0.2) is 45.9 Å². The van der Waals surface area contributed by atoms with E-state index in [1.54, 1.807) is 21.9 Å². The van der Waals surface area contributed by atoms with E-state index in [4.69, 9.17) is 8.85 Å². The number of hydrogen-bond acceptors (Lipinski definition) is 4. The van der Waals surface area contributed by atoms with E-state index in [1.165, 1.54) is 12.1 Å². The lowest BCUT2D eigenvalue weighted by Crippen LogP contribution is -2.32. The maximum atomic E-state index is 13.3. The van der Waals surface area contributed by atoms with E-state index in [0.717, 1.165) is 25.7 Å². The maximum absolute atomic E-state index is 13.3. The molecule has 1 aromatic carbocycles. The number of carbonyl (C=O) groups excluding carboxylic acids is 2. The Hall–Kier alpha value is -2.83. The number of nitrogens with one attached hydrogen (secondary N) is 1. The summed E-state index contributed by atoms with van der Waals surface area (Å²) in [6.07, 6.45) is 5.09. The zero-order valence-corrected chi connectivity index (χ0v) is 14.1. The molecule has 2 aromatic rings. The quantitative estimate of drug-likeness (QED) is 0.914. The Bertz CT molecular complexity index is 1010. The van der Waals surface area contributed by atoms with E-state index in [0.29, 0.717) is 29.2 Å². The second-order valence-corrected chi connectivity index (χ2v) is 7.03. The van der Waals surface area contributed by atoms with Gasteiger partial charge in [-0.1, -0.05) is 0 Å². The fraction of sp³-hybridized carbons (Fsp3) is 0.421. The molecule has 1 saturated carbocycles. The summed E-state index contributed by atoms with van der Waals surface area (Å²) in [4.78, 5) is 32.1. The molecule has 7 heteroatoms. The largest absolute Gasteiger partial charge is 0.497 e. The average molecular weight is 355 g/mol. The van der Waals surface area contributed by atoms with Crippen molar-refractivity contribution < 1.29 is 18.4 Å². The molecule has 134 valence electrons. The smallest absolute Gasteiger partial charge is 0.272 e. The number of nitrogens with zero attached hydrogens (tertiary/aromatic N) is 3. The van der Waals surface area contributed by atoms with Crippen LogP contribution in [0.5, 0.6) is 5.75 Å². The van der Waals surface area contributed by atoms with Crippen LogP contribution in [0.1, 0.15) is 62.4 Å². The van der Waals surface area contributed by atoms with Crippen LogP contribution in [0.25, 0.3) is 5.69 Å². The number of carbonyl (C=O) groups is 2. The highest BCUT2D eigenvalue weighted by molar-refractivity contribution is 6.00. The molecule has 0 radical (unpaired) electrons. The summed E-state index contributed by atoms with van der Waals surface area (Å²) in [6.45, 7) is 0.572. The molecule has 1 aliphatic carbocycles. The Kier molecular flexibility index (Phi) is 2.69. The number of imidazole rings is 1. The second-order valence-electron chi connectivity index (χ2n) is 7.03. The van der Waals surface area contributed by atoms with Crippen molar-refractivity contribution >= 4 is 11.8 Å². The van der Waals surface area contributed by atoms with E-state index in [-0.39, 0.29) is 29.6 Å². The van der Waals surface area contributed by atoms with Crippen molar-refractivity contribution in [1.29, 1.82) is 0 Å². The molecule has 0 unspecified atom stereocenters. The Labute approximate surface area is 155 Å². The second kappa shape index (κ2) is 5.59. The van der Waals surface area contributed by atoms with Crippen LogP contribution in [0.4, 0.5) is 0 Å². The number of fused-ring (bicyclic) bond motifs is 5. The number of methoxy groups -OCH3 is 1. The highest BCUT2D eigenvalue weighted by Crippen LogP contribution is 2.40. The first kappa shape index (κ1) is 12.5. The number of ether oxygens (including phenoxy) is 1. The first-order valence-electron chi connectivity index (χ1n) is 10.3. The van der Waals surface area contributed by atoms with Crippen LogP contribution in [0, 0.1) is 0 Å². The number of rotatable bonds is 3. The van der Waals surface area contributed by atoms with Crippen LogP contribution in [0.15, 0.2) is 24.5 Å². The summed E-state index contributed by atoms with van der Waals surface area (Å²) in [6, 6.07) is 4.58. The van der Waals surface area contributed by atoms with E-state index < -0.39 is 7.04 Å². The summed E-state index contributed by atoms with van der Waals surface area (Å²) in [5.74, 6) is -0.315. The molecular formula is C19H20N4O3. The normalized spacial score (nSPS) is 23.1. The lowest BCUT2D eigenvalue weighted by molar-refractivity contribution is 0.0734. The van der Waals surface area contributed by atoms with Gasteiger partial charge in [-0.15, -0.1) is 0 Å². The molecule has 3 aliphatic rings. The van der Waals surface area contributed by atoms with Crippen molar-refractivity contribution in [3.05, 3.63) is 41.5 Å². The molecule has 2 aliphatic heterocycles. The molecule has 2 fully saturated rings. The fourth-order valence-electron chi connectivity index (χ4n) is 3.93. The molecule has 7 nitrogen and oxygen atoms in total. The van der Waals surface area contributed by atoms with Gasteiger partial charge in [0.2, 0.25) is 0 Å². The summed E-state index contributed by atoms with van der Waals surface area (Å²) >= 11 is 0. The monoisotopic (exact) mass is 355 g/mol. The third-order valence-electron chi connectivity index (χ3n) is 5.34. The van der Waals surface area contributed by atoms with Crippen LogP contribution in [0.3, 0.4) is 0 Å². The molecule has 1 saturated heterocycles. The average Bonchev–Trinajstić information content (AvgIpc) is 3.18. The highest BCUT2D eigenvalue weighted by Gasteiger charge is 2.40. The SMILES string of the molecule is [2H]C([2H])([2H])Oc1ccc2c(c1)C(=O)N1CCC[C@H]1c1c(C(=O)NC3CC3)ncn1-2. The van der Waals surface area contributed by atoms with Gasteiger partial charge in [0, 0.05) is 12.6 Å². The van der Waals surface area contributed by atoms with Gasteiger partial charge in [-0.3, -0.25) is 14.2 Å². The van der Waals surface area contributed by atoms with Gasteiger partial charge in [-0.05, 0) is 43.9 Å². The molecule has 3 heterocycles. The van der Waals surface area contributed by atoms with Gasteiger partial charge in [-0.2, -0.15) is 0 Å². The van der Waals surface area contributed by atoms with Crippen LogP contribution >= 0.6 is 0 Å². The summed E-state index contributed by atoms with van der Waals surface area (Å²) < 4.78 is 28.7. The minimum atomic E-state index is -2.60. The van der Waals surface area contributed by atoms with Crippen molar-refractivity contribution in [1.82, 2.24) is 19.8 Å². The van der Waals surface area contributed by atoms with Crippen molar-refractivity contribution in [2.75, 3.05) is 13.6 Å². The van der Waals surface area contributed by atoms with E-state index in [2.05, 4.69) is 10.3 Å². The zero-order valence-electron chi connectivity index (χ0n) is 17.1. The third-order valence-corrected chi connectivity index (χ3v) is 5.34. The minimum absolute atomic E-state index is 0.100. The molecule has 1 N–H and O–H groups in total. The van der Waals surface area contributed by atoms with Crippen molar-refractivity contribution in [2.24, 2.45) is 0 Å². The van der Waals surface area contributed by atoms with Crippen molar-refractivity contribution in [3.63, 3.8) is 0 Å². The fourth-order valence-corrected chi connectivity index (χ4v) is 3.93. The molecule has 26 heavy (non-hydrogen) atoms. The van der Waals surface area contributed by atoms with Gasteiger partial charge in [0.15, 0.2) is 5.69 Å². The lowest BCUT2D eigenvalue weighted by Gasteiger charge is -2.23. The van der Waals surface area contributed by atoms with E-state index >= 15 is 0 Å². The topological polar surface area (TPSA) is 76.5 Å². The minimum Gasteiger partial charge on any atom is -0.497 e. The molecular weight excluding hydrogens is 332 g/mol. The first-order valence-corrected chi connectivity index (χ1v) is 8.84. The van der Waals surface area contributed by atoms with Gasteiger partial charge >= 0.3 is 0 Å². The van der Waals surface area contributed by atoms with Crippen molar-refractivity contribution in [3.8, 4) is 11.4 Å². The van der Waals surface area contributed by atoms with Gasteiger partial charge in [0.25, 0.3) is 11.8 Å². The van der Waals surface area contributed by atoms with Gasteiger partial charge < -0.3 is 15.0 Å². The highest BCUT2D eigenvalue weighted by atomic mass is 16.5. The van der Waals surface area contributed by atoms with Gasteiger partial charge in [-0.25, -0.2) is 4.98 Å². The number of hydrogen-bond donors (Lipinski definition) is 1. The lowest BCUT2D eigenvalue weighted by atomic mass is 10.1. The molecule has 2 amide bonds. The summed E-state index contributed by atoms with van der Waals surface area (Å²) in [5, 5.41) is 2.98. The molecule has 0 spiro atoms. The number of amides is 2. The van der Waals surface area contributed by atoms with Crippen LogP contribution in [0.2, 0.25) is 0 Å². The number of aromatic nitrogens is 2. The third kappa shape index (κ3) is 2.23. The molecule has 5 rings (SSSR count). The predicted octanol–water partition coefficient (Wildman–Crippen LogP) is 2.06. The molecule has 0 bridgehead atoms. The van der Waals surface area contributed by atoms with E-state index in [9.17, 15) is 9.59 Å². The maximum Gasteiger partial charge on any atom is 0.272 e. The summed E-state index contributed by atoms with van der Waals surface area (Å²) in [7, 11) is -2.60. The predicted molar refractivity (Wildman–Crippen MR) is 93.6 cm³/mol. The Balaban J connectivity index is 1.63. The Morgan fingerprint density at radius 1 is 1.38 bits per heavy atom. The Morgan fingerprint density at radius 3 is 3.08 bits per heavy atom. The van der Waals surface area contributed by atoms with Gasteiger partial charge in [0.05, 0.1) is 34.1 Å². The summed E-state index contributed by atoms with van der Waals surface area (Å²) in [5.41, 5.74) is 1.95.